The molecule has 1 aromatic heterocycles. The van der Waals surface area contributed by atoms with Crippen molar-refractivity contribution < 1.29 is 23.7 Å². The summed E-state index contributed by atoms with van der Waals surface area (Å²) in [5.41, 5.74) is 1.97. The fourth-order valence-corrected chi connectivity index (χ4v) is 3.80. The number of nitrogens with zero attached hydrogens (tertiary/aromatic N) is 2. The highest BCUT2D eigenvalue weighted by Crippen LogP contribution is 2.35. The molecule has 1 spiro atoms. The lowest BCUT2D eigenvalue weighted by Crippen LogP contribution is -2.45. The zero-order valence-electron chi connectivity index (χ0n) is 15.3. The molecule has 0 unspecified atom stereocenters. The average molecular weight is 383 g/mol. The lowest BCUT2D eigenvalue weighted by Gasteiger charge is -2.38. The standard InChI is InChI=1S/C20H21N3O5/c24-19(22-14-1-2-17-18(11-14)26-13-25-17)16-12-15(3-6-21-16)23-7-4-20(5-8-23)27-9-10-28-20/h1-3,6,11-12H,4-5,7-10,13H2,(H,22,24). The van der Waals surface area contributed by atoms with Gasteiger partial charge in [0.25, 0.3) is 5.91 Å². The first-order valence-electron chi connectivity index (χ1n) is 9.41. The highest BCUT2D eigenvalue weighted by molar-refractivity contribution is 6.03. The summed E-state index contributed by atoms with van der Waals surface area (Å²) in [4.78, 5) is 19.1. The molecule has 0 radical (unpaired) electrons. The first-order valence-corrected chi connectivity index (χ1v) is 9.41. The zero-order valence-corrected chi connectivity index (χ0v) is 15.3. The number of ether oxygens (including phenoxy) is 4. The number of amides is 1. The molecule has 0 aliphatic carbocycles. The molecular formula is C20H21N3O5. The molecule has 0 saturated carbocycles. The van der Waals surface area contributed by atoms with Crippen molar-refractivity contribution in [1.29, 1.82) is 0 Å². The SMILES string of the molecule is O=C(Nc1ccc2c(c1)OCO2)c1cc(N2CCC3(CC2)OCCO3)ccn1. The van der Waals surface area contributed by atoms with Gasteiger partial charge in [-0.25, -0.2) is 0 Å². The summed E-state index contributed by atoms with van der Waals surface area (Å²) in [7, 11) is 0. The summed E-state index contributed by atoms with van der Waals surface area (Å²) in [5, 5.41) is 2.86. The van der Waals surface area contributed by atoms with E-state index in [0.717, 1.165) is 31.6 Å². The van der Waals surface area contributed by atoms with Gasteiger partial charge in [-0.05, 0) is 24.3 Å². The maximum absolute atomic E-state index is 12.6. The second-order valence-electron chi connectivity index (χ2n) is 7.02. The van der Waals surface area contributed by atoms with Gasteiger partial charge in [0.1, 0.15) is 5.69 Å². The van der Waals surface area contributed by atoms with Crippen molar-refractivity contribution in [3.63, 3.8) is 0 Å². The van der Waals surface area contributed by atoms with Crippen molar-refractivity contribution >= 4 is 17.3 Å². The van der Waals surface area contributed by atoms with Crippen LogP contribution >= 0.6 is 0 Å². The average Bonchev–Trinajstić information content (AvgIpc) is 3.38. The third-order valence-corrected chi connectivity index (χ3v) is 5.31. The van der Waals surface area contributed by atoms with Crippen molar-refractivity contribution in [1.82, 2.24) is 4.98 Å². The van der Waals surface area contributed by atoms with Crippen LogP contribution in [-0.2, 0) is 9.47 Å². The molecule has 4 heterocycles. The van der Waals surface area contributed by atoms with Gasteiger partial charge in [-0.15, -0.1) is 0 Å². The largest absolute Gasteiger partial charge is 0.454 e. The molecular weight excluding hydrogens is 362 g/mol. The Morgan fingerprint density at radius 1 is 1.04 bits per heavy atom. The van der Waals surface area contributed by atoms with Gasteiger partial charge in [-0.1, -0.05) is 0 Å². The van der Waals surface area contributed by atoms with Gasteiger partial charge in [-0.3, -0.25) is 9.78 Å². The van der Waals surface area contributed by atoms with Crippen LogP contribution in [0.25, 0.3) is 0 Å². The minimum Gasteiger partial charge on any atom is -0.454 e. The first-order chi connectivity index (χ1) is 13.7. The van der Waals surface area contributed by atoms with Gasteiger partial charge < -0.3 is 29.2 Å². The van der Waals surface area contributed by atoms with Crippen molar-refractivity contribution in [2.45, 2.75) is 18.6 Å². The molecule has 2 saturated heterocycles. The van der Waals surface area contributed by atoms with E-state index in [-0.39, 0.29) is 12.7 Å². The molecule has 0 bridgehead atoms. The molecule has 0 atom stereocenters. The van der Waals surface area contributed by atoms with E-state index in [1.807, 2.05) is 12.1 Å². The van der Waals surface area contributed by atoms with E-state index in [2.05, 4.69) is 15.2 Å². The second kappa shape index (κ2) is 6.96. The van der Waals surface area contributed by atoms with Crippen LogP contribution in [0.2, 0.25) is 0 Å². The number of nitrogens with one attached hydrogen (secondary N) is 1. The first kappa shape index (κ1) is 17.3. The van der Waals surface area contributed by atoms with E-state index in [0.29, 0.717) is 36.1 Å². The van der Waals surface area contributed by atoms with Crippen LogP contribution in [0, 0.1) is 0 Å². The molecule has 146 valence electrons. The Hall–Kier alpha value is -2.84. The van der Waals surface area contributed by atoms with E-state index >= 15 is 0 Å². The van der Waals surface area contributed by atoms with E-state index < -0.39 is 5.79 Å². The van der Waals surface area contributed by atoms with Gasteiger partial charge in [0.15, 0.2) is 17.3 Å². The Morgan fingerprint density at radius 2 is 1.82 bits per heavy atom. The van der Waals surface area contributed by atoms with E-state index in [9.17, 15) is 4.79 Å². The molecule has 1 N–H and O–H groups in total. The molecule has 1 amide bonds. The number of piperidine rings is 1. The summed E-state index contributed by atoms with van der Waals surface area (Å²) >= 11 is 0. The highest BCUT2D eigenvalue weighted by Gasteiger charge is 2.39. The minimum absolute atomic E-state index is 0.198. The van der Waals surface area contributed by atoms with Crippen LogP contribution in [0.3, 0.4) is 0 Å². The van der Waals surface area contributed by atoms with E-state index in [4.69, 9.17) is 18.9 Å². The third-order valence-electron chi connectivity index (χ3n) is 5.31. The third kappa shape index (κ3) is 3.25. The Balaban J connectivity index is 1.27. The second-order valence-corrected chi connectivity index (χ2v) is 7.02. The summed E-state index contributed by atoms with van der Waals surface area (Å²) in [6, 6.07) is 9.04. The zero-order chi connectivity index (χ0) is 19.0. The minimum atomic E-state index is -0.414. The quantitative estimate of drug-likeness (QED) is 0.871. The van der Waals surface area contributed by atoms with Crippen LogP contribution < -0.4 is 19.7 Å². The van der Waals surface area contributed by atoms with Gasteiger partial charge in [0, 0.05) is 49.6 Å². The highest BCUT2D eigenvalue weighted by atomic mass is 16.7. The maximum atomic E-state index is 12.6. The lowest BCUT2D eigenvalue weighted by atomic mass is 10.0. The molecule has 3 aliphatic rings. The van der Waals surface area contributed by atoms with Crippen LogP contribution in [0.5, 0.6) is 11.5 Å². The summed E-state index contributed by atoms with van der Waals surface area (Å²) in [6.07, 6.45) is 3.29. The number of anilines is 2. The normalized spacial score (nSPS) is 19.8. The van der Waals surface area contributed by atoms with Crippen LogP contribution in [0.4, 0.5) is 11.4 Å². The molecule has 2 fully saturated rings. The summed E-state index contributed by atoms with van der Waals surface area (Å²) in [6.45, 7) is 3.16. The monoisotopic (exact) mass is 383 g/mol. The van der Waals surface area contributed by atoms with Gasteiger partial charge >= 0.3 is 0 Å². The summed E-state index contributed by atoms with van der Waals surface area (Å²) < 4.78 is 22.2. The Labute approximate surface area is 162 Å². The molecule has 2 aromatic rings. The van der Waals surface area contributed by atoms with Crippen LogP contribution in [-0.4, -0.2) is 49.8 Å². The smallest absolute Gasteiger partial charge is 0.274 e. The van der Waals surface area contributed by atoms with Gasteiger partial charge in [-0.2, -0.15) is 0 Å². The fraction of sp³-hybridized carbons (Fsp3) is 0.400. The number of pyridine rings is 1. The Morgan fingerprint density at radius 3 is 2.64 bits per heavy atom. The number of aromatic nitrogens is 1. The topological polar surface area (TPSA) is 82.2 Å². The predicted octanol–water partition coefficient (Wildman–Crippen LogP) is 2.41. The molecule has 8 nitrogen and oxygen atoms in total. The van der Waals surface area contributed by atoms with Gasteiger partial charge in [0.05, 0.1) is 13.2 Å². The molecule has 5 rings (SSSR count). The number of fused-ring (bicyclic) bond motifs is 1. The predicted molar refractivity (Wildman–Crippen MR) is 101 cm³/mol. The van der Waals surface area contributed by atoms with Crippen molar-refractivity contribution in [3.05, 3.63) is 42.2 Å². The Kier molecular flexibility index (Phi) is 4.29. The number of hydrogen-bond donors (Lipinski definition) is 1. The van der Waals surface area contributed by atoms with E-state index in [1.165, 1.54) is 0 Å². The van der Waals surface area contributed by atoms with E-state index in [1.54, 1.807) is 24.4 Å². The number of carbonyl (C=O) groups excluding carboxylic acids is 1. The van der Waals surface area contributed by atoms with Crippen molar-refractivity contribution in [2.24, 2.45) is 0 Å². The summed E-state index contributed by atoms with van der Waals surface area (Å²) in [5.74, 6) is 0.620. The van der Waals surface area contributed by atoms with Crippen LogP contribution in [0.1, 0.15) is 23.3 Å². The lowest BCUT2D eigenvalue weighted by molar-refractivity contribution is -0.169. The van der Waals surface area contributed by atoms with Crippen molar-refractivity contribution in [2.75, 3.05) is 43.3 Å². The molecule has 8 heteroatoms. The molecule has 1 aromatic carbocycles. The maximum Gasteiger partial charge on any atom is 0.274 e. The molecule has 3 aliphatic heterocycles. The van der Waals surface area contributed by atoms with Crippen LogP contribution in [0.15, 0.2) is 36.5 Å². The van der Waals surface area contributed by atoms with Gasteiger partial charge in [0.2, 0.25) is 6.79 Å². The Bertz CT molecular complexity index is 887. The molecule has 28 heavy (non-hydrogen) atoms. The number of benzene rings is 1. The van der Waals surface area contributed by atoms with Crippen molar-refractivity contribution in [3.8, 4) is 11.5 Å². The number of hydrogen-bond acceptors (Lipinski definition) is 7. The fourth-order valence-electron chi connectivity index (χ4n) is 3.80. The number of rotatable bonds is 3. The number of carbonyl (C=O) groups is 1.